The van der Waals surface area contributed by atoms with E-state index in [2.05, 4.69) is 10.9 Å². The number of methoxy groups -OCH3 is 1. The number of benzene rings is 3. The Labute approximate surface area is 211 Å². The molecular formula is C25H22Cl2FN3O4. The third-order valence-corrected chi connectivity index (χ3v) is 6.11. The molecule has 1 saturated heterocycles. The fourth-order valence-electron chi connectivity index (χ4n) is 3.65. The number of carbonyl (C=O) groups excluding carboxylic acids is 2. The first kappa shape index (κ1) is 24.6. The predicted molar refractivity (Wildman–Crippen MR) is 132 cm³/mol. The van der Waals surface area contributed by atoms with Gasteiger partial charge in [-0.25, -0.2) is 4.39 Å². The Morgan fingerprint density at radius 1 is 1.09 bits per heavy atom. The van der Waals surface area contributed by atoms with Crippen LogP contribution in [0.3, 0.4) is 0 Å². The Balaban J connectivity index is 1.34. The SMILES string of the molecule is COc1cc(NNC(=O)[C@@H]2CC(=O)N(c3ccc(F)cc3)C2)ccc1OCc1ccc(Cl)cc1Cl. The maximum Gasteiger partial charge on any atom is 0.243 e. The molecule has 10 heteroatoms. The molecule has 0 unspecified atom stereocenters. The van der Waals surface area contributed by atoms with Gasteiger partial charge in [0, 0.05) is 40.3 Å². The molecule has 0 aromatic heterocycles. The quantitative estimate of drug-likeness (QED) is 0.400. The summed E-state index contributed by atoms with van der Waals surface area (Å²) in [6, 6.07) is 15.8. The molecule has 1 heterocycles. The third kappa shape index (κ3) is 5.96. The summed E-state index contributed by atoms with van der Waals surface area (Å²) in [6.07, 6.45) is 0.0637. The van der Waals surface area contributed by atoms with Gasteiger partial charge in [0.1, 0.15) is 12.4 Å². The van der Waals surface area contributed by atoms with Crippen molar-refractivity contribution in [2.45, 2.75) is 13.0 Å². The maximum absolute atomic E-state index is 13.2. The lowest BCUT2D eigenvalue weighted by atomic mass is 10.1. The van der Waals surface area contributed by atoms with Gasteiger partial charge in [-0.2, -0.15) is 0 Å². The minimum Gasteiger partial charge on any atom is -0.493 e. The van der Waals surface area contributed by atoms with Gasteiger partial charge in [0.2, 0.25) is 11.8 Å². The van der Waals surface area contributed by atoms with E-state index >= 15 is 0 Å². The number of amides is 2. The molecule has 1 aliphatic rings. The Morgan fingerprint density at radius 2 is 1.86 bits per heavy atom. The van der Waals surface area contributed by atoms with Crippen LogP contribution in [0.25, 0.3) is 0 Å². The topological polar surface area (TPSA) is 79.9 Å². The minimum atomic E-state index is -0.548. The second kappa shape index (κ2) is 10.8. The Bertz CT molecular complexity index is 1240. The summed E-state index contributed by atoms with van der Waals surface area (Å²) in [5.41, 5.74) is 7.36. The summed E-state index contributed by atoms with van der Waals surface area (Å²) < 4.78 is 24.4. The predicted octanol–water partition coefficient (Wildman–Crippen LogP) is 5.22. The van der Waals surface area contributed by atoms with Crippen LogP contribution < -0.4 is 25.2 Å². The van der Waals surface area contributed by atoms with Crippen LogP contribution in [0.2, 0.25) is 10.0 Å². The fourth-order valence-corrected chi connectivity index (χ4v) is 4.11. The van der Waals surface area contributed by atoms with Crippen molar-refractivity contribution in [1.29, 1.82) is 0 Å². The highest BCUT2D eigenvalue weighted by Gasteiger charge is 2.35. The van der Waals surface area contributed by atoms with Gasteiger partial charge in [0.25, 0.3) is 0 Å². The summed E-state index contributed by atoms with van der Waals surface area (Å²) >= 11 is 12.1. The standard InChI is InChI=1S/C25H22Cl2FN3O4/c1-34-23-12-19(6-9-22(23)35-14-15-2-3-17(26)11-21(15)27)29-30-25(33)16-10-24(32)31(13-16)20-7-4-18(28)5-8-20/h2-9,11-12,16,29H,10,13-14H2,1H3,(H,30,33)/t16-/m1/s1. The summed E-state index contributed by atoms with van der Waals surface area (Å²) in [5.74, 6) is -0.520. The molecule has 3 aromatic carbocycles. The zero-order valence-electron chi connectivity index (χ0n) is 18.7. The number of carbonyl (C=O) groups is 2. The lowest BCUT2D eigenvalue weighted by molar-refractivity contribution is -0.125. The number of ether oxygens (including phenoxy) is 2. The lowest BCUT2D eigenvalue weighted by Gasteiger charge is -2.17. The highest BCUT2D eigenvalue weighted by molar-refractivity contribution is 6.35. The number of rotatable bonds is 8. The van der Waals surface area contributed by atoms with E-state index in [1.807, 2.05) is 0 Å². The van der Waals surface area contributed by atoms with E-state index in [4.69, 9.17) is 32.7 Å². The molecule has 0 radical (unpaired) electrons. The first-order valence-corrected chi connectivity index (χ1v) is 11.5. The van der Waals surface area contributed by atoms with Crippen LogP contribution in [0.1, 0.15) is 12.0 Å². The Hall–Kier alpha value is -3.49. The van der Waals surface area contributed by atoms with Crippen molar-refractivity contribution in [2.24, 2.45) is 5.92 Å². The molecule has 1 atom stereocenters. The van der Waals surface area contributed by atoms with E-state index in [0.717, 1.165) is 5.56 Å². The van der Waals surface area contributed by atoms with E-state index in [1.165, 1.54) is 36.3 Å². The molecule has 2 amide bonds. The van der Waals surface area contributed by atoms with Gasteiger partial charge in [-0.3, -0.25) is 20.4 Å². The molecule has 0 saturated carbocycles. The second-order valence-electron chi connectivity index (χ2n) is 7.89. The monoisotopic (exact) mass is 517 g/mol. The van der Waals surface area contributed by atoms with Crippen molar-refractivity contribution in [3.05, 3.63) is 82.1 Å². The summed E-state index contributed by atoms with van der Waals surface area (Å²) in [6.45, 7) is 0.428. The molecule has 35 heavy (non-hydrogen) atoms. The highest BCUT2D eigenvalue weighted by Crippen LogP contribution is 2.32. The zero-order valence-corrected chi connectivity index (χ0v) is 20.2. The summed E-state index contributed by atoms with van der Waals surface area (Å²) in [5, 5.41) is 1.04. The fraction of sp³-hybridized carbons (Fsp3) is 0.200. The van der Waals surface area contributed by atoms with Gasteiger partial charge in [-0.1, -0.05) is 29.3 Å². The number of hydrogen-bond acceptors (Lipinski definition) is 5. The first-order chi connectivity index (χ1) is 16.8. The number of halogens is 3. The smallest absolute Gasteiger partial charge is 0.243 e. The average molecular weight is 518 g/mol. The maximum atomic E-state index is 13.2. The number of nitrogens with one attached hydrogen (secondary N) is 2. The van der Waals surface area contributed by atoms with E-state index < -0.39 is 5.92 Å². The molecule has 182 valence electrons. The van der Waals surface area contributed by atoms with Gasteiger partial charge in [-0.05, 0) is 48.5 Å². The van der Waals surface area contributed by atoms with E-state index in [9.17, 15) is 14.0 Å². The van der Waals surface area contributed by atoms with Crippen molar-refractivity contribution in [2.75, 3.05) is 24.0 Å². The van der Waals surface area contributed by atoms with Gasteiger partial charge in [0.15, 0.2) is 11.5 Å². The van der Waals surface area contributed by atoms with Gasteiger partial charge in [0.05, 0.1) is 18.7 Å². The lowest BCUT2D eigenvalue weighted by Crippen LogP contribution is -2.36. The Morgan fingerprint density at radius 3 is 2.57 bits per heavy atom. The van der Waals surface area contributed by atoms with Crippen LogP contribution >= 0.6 is 23.2 Å². The summed E-state index contributed by atoms with van der Waals surface area (Å²) in [7, 11) is 1.51. The second-order valence-corrected chi connectivity index (χ2v) is 8.73. The Kier molecular flexibility index (Phi) is 7.63. The number of hydrazine groups is 1. The molecule has 7 nitrogen and oxygen atoms in total. The van der Waals surface area contributed by atoms with Crippen molar-refractivity contribution in [1.82, 2.24) is 5.43 Å². The van der Waals surface area contributed by atoms with Crippen LogP contribution in [0.4, 0.5) is 15.8 Å². The molecular weight excluding hydrogens is 496 g/mol. The molecule has 4 rings (SSSR count). The van der Waals surface area contributed by atoms with Crippen LogP contribution in [0.15, 0.2) is 60.7 Å². The van der Waals surface area contributed by atoms with Crippen molar-refractivity contribution < 1.29 is 23.5 Å². The highest BCUT2D eigenvalue weighted by atomic mass is 35.5. The van der Waals surface area contributed by atoms with E-state index in [1.54, 1.807) is 36.4 Å². The molecule has 1 fully saturated rings. The molecule has 3 aromatic rings. The number of hydrogen-bond donors (Lipinski definition) is 2. The van der Waals surface area contributed by atoms with E-state index in [-0.39, 0.29) is 37.2 Å². The molecule has 0 aliphatic carbocycles. The van der Waals surface area contributed by atoms with Crippen molar-refractivity contribution >= 4 is 46.4 Å². The molecule has 0 spiro atoms. The first-order valence-electron chi connectivity index (χ1n) is 10.7. The normalized spacial score (nSPS) is 15.1. The summed E-state index contributed by atoms with van der Waals surface area (Å²) in [4.78, 5) is 26.5. The van der Waals surface area contributed by atoms with E-state index in [0.29, 0.717) is 32.9 Å². The van der Waals surface area contributed by atoms with Crippen LogP contribution in [-0.4, -0.2) is 25.5 Å². The number of anilines is 2. The van der Waals surface area contributed by atoms with Crippen molar-refractivity contribution in [3.8, 4) is 11.5 Å². The number of nitrogens with zero attached hydrogens (tertiary/aromatic N) is 1. The van der Waals surface area contributed by atoms with Gasteiger partial charge in [-0.15, -0.1) is 0 Å². The van der Waals surface area contributed by atoms with Crippen molar-refractivity contribution in [3.63, 3.8) is 0 Å². The minimum absolute atomic E-state index is 0.0637. The van der Waals surface area contributed by atoms with Gasteiger partial charge < -0.3 is 14.4 Å². The van der Waals surface area contributed by atoms with Crippen LogP contribution in [-0.2, 0) is 16.2 Å². The largest absolute Gasteiger partial charge is 0.493 e. The molecule has 0 bridgehead atoms. The molecule has 1 aliphatic heterocycles. The zero-order chi connectivity index (χ0) is 24.9. The molecule has 2 N–H and O–H groups in total. The van der Waals surface area contributed by atoms with Gasteiger partial charge >= 0.3 is 0 Å². The third-order valence-electron chi connectivity index (χ3n) is 5.53. The van der Waals surface area contributed by atoms with Crippen LogP contribution in [0.5, 0.6) is 11.5 Å². The van der Waals surface area contributed by atoms with Crippen LogP contribution in [0, 0.1) is 11.7 Å². The average Bonchev–Trinajstić information content (AvgIpc) is 3.24.